The minimum atomic E-state index is -0.570. The number of halogens is 1. The summed E-state index contributed by atoms with van der Waals surface area (Å²) in [6, 6.07) is 6.62. The van der Waals surface area contributed by atoms with Crippen molar-refractivity contribution in [1.82, 2.24) is 0 Å². The number of ether oxygens (including phenoxy) is 1. The van der Waals surface area contributed by atoms with Gasteiger partial charge in [-0.3, -0.25) is 4.79 Å². The molecule has 2 N–H and O–H groups in total. The third kappa shape index (κ3) is 3.83. The van der Waals surface area contributed by atoms with Crippen LogP contribution in [0.15, 0.2) is 24.3 Å². The lowest BCUT2D eigenvalue weighted by Gasteiger charge is -2.14. The first-order valence-electron chi connectivity index (χ1n) is 5.17. The van der Waals surface area contributed by atoms with Crippen LogP contribution in [-0.2, 0) is 16.1 Å². The fraction of sp³-hybridized carbons (Fsp3) is 0.417. The second-order valence-corrected chi connectivity index (χ2v) is 4.44. The largest absolute Gasteiger partial charge is 0.460 e. The highest BCUT2D eigenvalue weighted by atomic mass is 35.5. The maximum absolute atomic E-state index is 11.5. The number of esters is 1. The van der Waals surface area contributed by atoms with Crippen LogP contribution in [0, 0.1) is 5.92 Å². The monoisotopic (exact) mass is 241 g/mol. The van der Waals surface area contributed by atoms with Gasteiger partial charge in [-0.05, 0) is 23.6 Å². The second-order valence-electron chi connectivity index (χ2n) is 4.01. The number of hydrogen-bond donors (Lipinski definition) is 1. The van der Waals surface area contributed by atoms with Crippen LogP contribution in [0.5, 0.6) is 0 Å². The highest BCUT2D eigenvalue weighted by molar-refractivity contribution is 6.30. The molecule has 3 nitrogen and oxygen atoms in total. The van der Waals surface area contributed by atoms with Crippen molar-refractivity contribution in [2.75, 3.05) is 0 Å². The SMILES string of the molecule is CC(C)[C@H](N)C(=O)OCc1cccc(Cl)c1. The van der Waals surface area contributed by atoms with Crippen molar-refractivity contribution in [3.05, 3.63) is 34.9 Å². The van der Waals surface area contributed by atoms with Crippen molar-refractivity contribution >= 4 is 17.6 Å². The number of nitrogens with two attached hydrogens (primary N) is 1. The van der Waals surface area contributed by atoms with Crippen LogP contribution in [0.4, 0.5) is 0 Å². The molecule has 88 valence electrons. The van der Waals surface area contributed by atoms with E-state index in [2.05, 4.69) is 0 Å². The van der Waals surface area contributed by atoms with Crippen LogP contribution < -0.4 is 5.73 Å². The van der Waals surface area contributed by atoms with E-state index in [4.69, 9.17) is 22.1 Å². The van der Waals surface area contributed by atoms with E-state index in [0.717, 1.165) is 5.56 Å². The molecule has 0 bridgehead atoms. The molecule has 0 aliphatic rings. The zero-order valence-corrected chi connectivity index (χ0v) is 10.2. The summed E-state index contributed by atoms with van der Waals surface area (Å²) in [5.74, 6) is -0.304. The Morgan fingerprint density at radius 3 is 2.75 bits per heavy atom. The Morgan fingerprint density at radius 2 is 2.19 bits per heavy atom. The van der Waals surface area contributed by atoms with Gasteiger partial charge in [0.2, 0.25) is 0 Å². The number of carbonyl (C=O) groups is 1. The molecule has 0 aliphatic carbocycles. The fourth-order valence-corrected chi connectivity index (χ4v) is 1.36. The van der Waals surface area contributed by atoms with E-state index in [9.17, 15) is 4.79 Å². The third-order valence-electron chi connectivity index (χ3n) is 2.26. The molecule has 0 saturated heterocycles. The van der Waals surface area contributed by atoms with Gasteiger partial charge in [-0.1, -0.05) is 37.6 Å². The Kier molecular flexibility index (Phi) is 4.77. The first-order valence-corrected chi connectivity index (χ1v) is 5.55. The van der Waals surface area contributed by atoms with Crippen molar-refractivity contribution in [1.29, 1.82) is 0 Å². The zero-order valence-electron chi connectivity index (χ0n) is 9.44. The van der Waals surface area contributed by atoms with E-state index in [1.807, 2.05) is 26.0 Å². The first kappa shape index (κ1) is 13.0. The summed E-state index contributed by atoms with van der Waals surface area (Å²) in [5.41, 5.74) is 6.51. The van der Waals surface area contributed by atoms with E-state index in [0.29, 0.717) is 5.02 Å². The maximum Gasteiger partial charge on any atom is 0.323 e. The molecule has 0 radical (unpaired) electrons. The topological polar surface area (TPSA) is 52.3 Å². The van der Waals surface area contributed by atoms with Gasteiger partial charge < -0.3 is 10.5 Å². The lowest BCUT2D eigenvalue weighted by molar-refractivity contribution is -0.147. The van der Waals surface area contributed by atoms with E-state index < -0.39 is 6.04 Å². The fourth-order valence-electron chi connectivity index (χ4n) is 1.15. The van der Waals surface area contributed by atoms with Gasteiger partial charge in [-0.2, -0.15) is 0 Å². The van der Waals surface area contributed by atoms with Crippen molar-refractivity contribution < 1.29 is 9.53 Å². The summed E-state index contributed by atoms with van der Waals surface area (Å²) >= 11 is 5.81. The van der Waals surface area contributed by atoms with Crippen LogP contribution >= 0.6 is 11.6 Å². The standard InChI is InChI=1S/C12H16ClNO2/c1-8(2)11(14)12(15)16-7-9-4-3-5-10(13)6-9/h3-6,8,11H,7,14H2,1-2H3/t11-/m0/s1. The van der Waals surface area contributed by atoms with E-state index in [1.54, 1.807) is 12.1 Å². The quantitative estimate of drug-likeness (QED) is 0.824. The van der Waals surface area contributed by atoms with Gasteiger partial charge in [0.15, 0.2) is 0 Å². The summed E-state index contributed by atoms with van der Waals surface area (Å²) in [5, 5.41) is 0.627. The van der Waals surface area contributed by atoms with Crippen LogP contribution in [0.1, 0.15) is 19.4 Å². The van der Waals surface area contributed by atoms with Gasteiger partial charge >= 0.3 is 5.97 Å². The zero-order chi connectivity index (χ0) is 12.1. The lowest BCUT2D eigenvalue weighted by atomic mass is 10.1. The van der Waals surface area contributed by atoms with E-state index in [-0.39, 0.29) is 18.5 Å². The molecule has 1 rings (SSSR count). The maximum atomic E-state index is 11.5. The third-order valence-corrected chi connectivity index (χ3v) is 2.50. The van der Waals surface area contributed by atoms with Gasteiger partial charge in [0.1, 0.15) is 12.6 Å². The molecule has 1 aromatic rings. The van der Waals surface area contributed by atoms with Gasteiger partial charge in [0.05, 0.1) is 0 Å². The number of hydrogen-bond acceptors (Lipinski definition) is 3. The molecule has 0 unspecified atom stereocenters. The summed E-state index contributed by atoms with van der Waals surface area (Å²) in [6.45, 7) is 3.97. The second kappa shape index (κ2) is 5.87. The summed E-state index contributed by atoms with van der Waals surface area (Å²) in [7, 11) is 0. The summed E-state index contributed by atoms with van der Waals surface area (Å²) < 4.78 is 5.08. The Bertz CT molecular complexity index is 366. The lowest BCUT2D eigenvalue weighted by Crippen LogP contribution is -2.36. The van der Waals surface area contributed by atoms with Gasteiger partial charge in [-0.15, -0.1) is 0 Å². The predicted octanol–water partition coefficient (Wildman–Crippen LogP) is 2.37. The highest BCUT2D eigenvalue weighted by Crippen LogP contribution is 2.12. The van der Waals surface area contributed by atoms with Crippen molar-refractivity contribution in [2.24, 2.45) is 11.7 Å². The first-order chi connectivity index (χ1) is 7.50. The molecular weight excluding hydrogens is 226 g/mol. The number of benzene rings is 1. The highest BCUT2D eigenvalue weighted by Gasteiger charge is 2.18. The van der Waals surface area contributed by atoms with Crippen molar-refractivity contribution in [3.8, 4) is 0 Å². The molecule has 0 aromatic heterocycles. The van der Waals surface area contributed by atoms with Crippen LogP contribution in [-0.4, -0.2) is 12.0 Å². The molecular formula is C12H16ClNO2. The molecule has 1 aromatic carbocycles. The van der Waals surface area contributed by atoms with Crippen molar-refractivity contribution in [2.45, 2.75) is 26.5 Å². The molecule has 0 spiro atoms. The van der Waals surface area contributed by atoms with Gasteiger partial charge in [-0.25, -0.2) is 0 Å². The molecule has 0 fully saturated rings. The van der Waals surface area contributed by atoms with E-state index in [1.165, 1.54) is 0 Å². The van der Waals surface area contributed by atoms with Crippen LogP contribution in [0.3, 0.4) is 0 Å². The Hall–Kier alpha value is -1.06. The van der Waals surface area contributed by atoms with Crippen LogP contribution in [0.2, 0.25) is 5.02 Å². The number of carbonyl (C=O) groups excluding carboxylic acids is 1. The smallest absolute Gasteiger partial charge is 0.323 e. The Balaban J connectivity index is 2.49. The predicted molar refractivity (Wildman–Crippen MR) is 64.1 cm³/mol. The molecule has 1 atom stereocenters. The Morgan fingerprint density at radius 1 is 1.50 bits per heavy atom. The molecule has 0 saturated carbocycles. The van der Waals surface area contributed by atoms with Gasteiger partial charge in [0.25, 0.3) is 0 Å². The average molecular weight is 242 g/mol. The Labute approximate surface area is 101 Å². The minimum absolute atomic E-state index is 0.0758. The molecule has 0 amide bonds. The minimum Gasteiger partial charge on any atom is -0.460 e. The van der Waals surface area contributed by atoms with Gasteiger partial charge in [0, 0.05) is 5.02 Å². The van der Waals surface area contributed by atoms with Crippen molar-refractivity contribution in [3.63, 3.8) is 0 Å². The normalized spacial score (nSPS) is 12.6. The molecule has 0 aliphatic heterocycles. The summed E-state index contributed by atoms with van der Waals surface area (Å²) in [6.07, 6.45) is 0. The van der Waals surface area contributed by atoms with Crippen LogP contribution in [0.25, 0.3) is 0 Å². The molecule has 16 heavy (non-hydrogen) atoms. The molecule has 0 heterocycles. The average Bonchev–Trinajstić information content (AvgIpc) is 2.24. The molecule has 4 heteroatoms. The number of rotatable bonds is 4. The van der Waals surface area contributed by atoms with E-state index >= 15 is 0 Å². The summed E-state index contributed by atoms with van der Waals surface area (Å²) in [4.78, 5) is 11.5.